The summed E-state index contributed by atoms with van der Waals surface area (Å²) in [6.07, 6.45) is 0. The molecule has 0 bridgehead atoms. The summed E-state index contributed by atoms with van der Waals surface area (Å²) in [5.41, 5.74) is 2.87. The van der Waals surface area contributed by atoms with Gasteiger partial charge in [0.2, 0.25) is 0 Å². The van der Waals surface area contributed by atoms with Gasteiger partial charge in [-0.2, -0.15) is 0 Å². The minimum atomic E-state index is 0.136. The molecule has 4 N–H and O–H groups in total. The molecule has 0 spiro atoms. The van der Waals surface area contributed by atoms with Crippen LogP contribution in [-0.2, 0) is 0 Å². The number of halogens is 1. The third-order valence-corrected chi connectivity index (χ3v) is 1.61. The van der Waals surface area contributed by atoms with Gasteiger partial charge in [-0.05, 0) is 18.2 Å². The Hall–Kier alpha value is -0.740. The van der Waals surface area contributed by atoms with Gasteiger partial charge in [-0.3, -0.25) is 5.84 Å². The number of hydrazine groups is 1. The van der Waals surface area contributed by atoms with Gasteiger partial charge in [-0.15, -0.1) is 0 Å². The van der Waals surface area contributed by atoms with Crippen molar-refractivity contribution >= 4 is 21.6 Å². The average molecular weight is 203 g/mol. The Morgan fingerprint density at radius 2 is 2.20 bits per heavy atom. The van der Waals surface area contributed by atoms with Gasteiger partial charge < -0.3 is 10.5 Å². The van der Waals surface area contributed by atoms with Crippen molar-refractivity contribution in [3.05, 3.63) is 22.7 Å². The maximum Gasteiger partial charge on any atom is 0.141 e. The molecule has 0 saturated heterocycles. The van der Waals surface area contributed by atoms with Gasteiger partial charge in [0, 0.05) is 4.47 Å². The molecule has 0 unspecified atom stereocenters. The fourth-order valence-electron chi connectivity index (χ4n) is 0.627. The summed E-state index contributed by atoms with van der Waals surface area (Å²) in [4.78, 5) is 0. The molecule has 0 aromatic heterocycles. The number of hydrogen-bond donors (Lipinski definition) is 3. The van der Waals surface area contributed by atoms with Gasteiger partial charge >= 0.3 is 0 Å². The number of nitrogens with one attached hydrogen (secondary N) is 1. The zero-order valence-corrected chi connectivity index (χ0v) is 6.72. The number of anilines is 1. The normalized spacial score (nSPS) is 9.40. The molecule has 0 aliphatic rings. The van der Waals surface area contributed by atoms with Crippen molar-refractivity contribution in [3.63, 3.8) is 0 Å². The number of phenols is 1. The number of phenolic OH excluding ortho intramolecular Hbond substituents is 1. The Morgan fingerprint density at radius 1 is 1.50 bits per heavy atom. The van der Waals surface area contributed by atoms with E-state index in [1.807, 2.05) is 0 Å². The Bertz CT molecular complexity index is 239. The van der Waals surface area contributed by atoms with Crippen molar-refractivity contribution in [2.75, 3.05) is 5.43 Å². The monoisotopic (exact) mass is 202 g/mol. The summed E-state index contributed by atoms with van der Waals surface area (Å²) in [7, 11) is 0. The zero-order chi connectivity index (χ0) is 7.56. The standard InChI is InChI=1S/C6H7BrN2O/c7-4-1-2-5(9-8)6(10)3-4/h1-3,9-10H,8H2. The number of rotatable bonds is 1. The molecule has 0 atom stereocenters. The van der Waals surface area contributed by atoms with E-state index in [1.165, 1.54) is 0 Å². The molecule has 0 aliphatic carbocycles. The molecule has 1 aromatic carbocycles. The number of aromatic hydroxyl groups is 1. The van der Waals surface area contributed by atoms with Gasteiger partial charge in [0.25, 0.3) is 0 Å². The molecule has 10 heavy (non-hydrogen) atoms. The molecular weight excluding hydrogens is 196 g/mol. The van der Waals surface area contributed by atoms with E-state index in [-0.39, 0.29) is 5.75 Å². The van der Waals surface area contributed by atoms with Crippen molar-refractivity contribution in [1.82, 2.24) is 0 Å². The predicted molar refractivity (Wildman–Crippen MR) is 43.6 cm³/mol. The lowest BCUT2D eigenvalue weighted by Gasteiger charge is -2.01. The fraction of sp³-hybridized carbons (Fsp3) is 0. The molecule has 0 saturated carbocycles. The van der Waals surface area contributed by atoms with E-state index in [9.17, 15) is 0 Å². The Kier molecular flexibility index (Phi) is 2.13. The van der Waals surface area contributed by atoms with Crippen LogP contribution in [0.15, 0.2) is 22.7 Å². The van der Waals surface area contributed by atoms with Crippen LogP contribution in [0.4, 0.5) is 5.69 Å². The van der Waals surface area contributed by atoms with Crippen LogP contribution < -0.4 is 11.3 Å². The number of nitrogen functional groups attached to an aromatic ring is 1. The smallest absolute Gasteiger partial charge is 0.141 e. The molecule has 3 nitrogen and oxygen atoms in total. The Morgan fingerprint density at radius 3 is 2.70 bits per heavy atom. The number of nitrogens with two attached hydrogens (primary N) is 1. The van der Waals surface area contributed by atoms with Crippen LogP contribution >= 0.6 is 15.9 Å². The summed E-state index contributed by atoms with van der Waals surface area (Å²) in [6, 6.07) is 5.03. The lowest BCUT2D eigenvalue weighted by Crippen LogP contribution is -2.06. The number of hydrogen-bond acceptors (Lipinski definition) is 3. The largest absolute Gasteiger partial charge is 0.506 e. The first-order chi connectivity index (χ1) is 4.74. The third kappa shape index (κ3) is 1.40. The SMILES string of the molecule is NNc1ccc(Br)cc1O. The molecule has 0 fully saturated rings. The lowest BCUT2D eigenvalue weighted by atomic mass is 10.3. The highest BCUT2D eigenvalue weighted by molar-refractivity contribution is 9.10. The van der Waals surface area contributed by atoms with Gasteiger partial charge in [-0.25, -0.2) is 0 Å². The highest BCUT2D eigenvalue weighted by Crippen LogP contribution is 2.25. The summed E-state index contributed by atoms with van der Waals surface area (Å²) in [6.45, 7) is 0. The van der Waals surface area contributed by atoms with Crippen molar-refractivity contribution in [3.8, 4) is 5.75 Å². The summed E-state index contributed by atoms with van der Waals surface area (Å²) >= 11 is 3.20. The first-order valence-electron chi connectivity index (χ1n) is 2.69. The second kappa shape index (κ2) is 2.90. The average Bonchev–Trinajstić information content (AvgIpc) is 1.88. The lowest BCUT2D eigenvalue weighted by molar-refractivity contribution is 0.477. The molecule has 0 radical (unpaired) electrons. The third-order valence-electron chi connectivity index (χ3n) is 1.12. The first-order valence-corrected chi connectivity index (χ1v) is 3.48. The van der Waals surface area contributed by atoms with Crippen LogP contribution in [0.3, 0.4) is 0 Å². The van der Waals surface area contributed by atoms with E-state index in [0.717, 1.165) is 4.47 Å². The summed E-state index contributed by atoms with van der Waals surface area (Å²) in [5.74, 6) is 5.21. The highest BCUT2D eigenvalue weighted by Gasteiger charge is 1.96. The minimum Gasteiger partial charge on any atom is -0.506 e. The van der Waals surface area contributed by atoms with Crippen LogP contribution in [0.5, 0.6) is 5.75 Å². The van der Waals surface area contributed by atoms with E-state index in [1.54, 1.807) is 18.2 Å². The van der Waals surface area contributed by atoms with Crippen LogP contribution in [0, 0.1) is 0 Å². The Balaban J connectivity index is 3.07. The second-order valence-electron chi connectivity index (χ2n) is 1.81. The van der Waals surface area contributed by atoms with Gasteiger partial charge in [0.15, 0.2) is 0 Å². The van der Waals surface area contributed by atoms with Crippen molar-refractivity contribution in [2.45, 2.75) is 0 Å². The van der Waals surface area contributed by atoms with Gasteiger partial charge in [-0.1, -0.05) is 15.9 Å². The maximum atomic E-state index is 9.12. The molecule has 0 aliphatic heterocycles. The van der Waals surface area contributed by atoms with Crippen LogP contribution in [0.2, 0.25) is 0 Å². The zero-order valence-electron chi connectivity index (χ0n) is 5.13. The van der Waals surface area contributed by atoms with Crippen molar-refractivity contribution < 1.29 is 5.11 Å². The molecule has 0 heterocycles. The van der Waals surface area contributed by atoms with E-state index < -0.39 is 0 Å². The van der Waals surface area contributed by atoms with E-state index in [2.05, 4.69) is 21.4 Å². The first kappa shape index (κ1) is 7.37. The molecule has 0 amide bonds. The molecular formula is C6H7BrN2O. The summed E-state index contributed by atoms with van der Waals surface area (Å²) in [5, 5.41) is 9.12. The predicted octanol–water partition coefficient (Wildman–Crippen LogP) is 1.44. The summed E-state index contributed by atoms with van der Waals surface area (Å²) < 4.78 is 0.823. The van der Waals surface area contributed by atoms with Crippen LogP contribution in [-0.4, -0.2) is 5.11 Å². The number of benzene rings is 1. The van der Waals surface area contributed by atoms with E-state index in [4.69, 9.17) is 10.9 Å². The quantitative estimate of drug-likeness (QED) is 0.367. The van der Waals surface area contributed by atoms with Crippen molar-refractivity contribution in [1.29, 1.82) is 0 Å². The Labute approximate surface area is 67.0 Å². The molecule has 54 valence electrons. The molecule has 4 heteroatoms. The topological polar surface area (TPSA) is 58.3 Å². The van der Waals surface area contributed by atoms with Gasteiger partial charge in [0.1, 0.15) is 5.75 Å². The minimum absolute atomic E-state index is 0.136. The van der Waals surface area contributed by atoms with Crippen LogP contribution in [0.25, 0.3) is 0 Å². The van der Waals surface area contributed by atoms with E-state index in [0.29, 0.717) is 5.69 Å². The van der Waals surface area contributed by atoms with Gasteiger partial charge in [0.05, 0.1) is 5.69 Å². The maximum absolute atomic E-state index is 9.12. The molecule has 1 aromatic rings. The fourth-order valence-corrected chi connectivity index (χ4v) is 0.976. The molecule has 1 rings (SSSR count). The van der Waals surface area contributed by atoms with Crippen molar-refractivity contribution in [2.24, 2.45) is 5.84 Å². The van der Waals surface area contributed by atoms with Crippen LogP contribution in [0.1, 0.15) is 0 Å². The van der Waals surface area contributed by atoms with E-state index >= 15 is 0 Å². The highest BCUT2D eigenvalue weighted by atomic mass is 79.9. The second-order valence-corrected chi connectivity index (χ2v) is 2.72.